The topological polar surface area (TPSA) is 64.3 Å². The minimum Gasteiger partial charge on any atom is -0.478 e. The number of carbonyl (C=O) groups is 1. The van der Waals surface area contributed by atoms with Gasteiger partial charge >= 0.3 is 5.97 Å². The van der Waals surface area contributed by atoms with Crippen LogP contribution in [0.5, 0.6) is 0 Å². The van der Waals surface area contributed by atoms with E-state index < -0.39 is 5.97 Å². The maximum absolute atomic E-state index is 11.4. The second-order valence-electron chi connectivity index (χ2n) is 7.10. The molecule has 26 heavy (non-hydrogen) atoms. The maximum atomic E-state index is 11.4. The number of benzene rings is 2. The second kappa shape index (κ2) is 7.61. The van der Waals surface area contributed by atoms with Gasteiger partial charge in [-0.1, -0.05) is 18.2 Å². The second-order valence-corrected chi connectivity index (χ2v) is 7.10. The van der Waals surface area contributed by atoms with Gasteiger partial charge in [-0.05, 0) is 73.9 Å². The SMILES string of the molecule is Cc1ccc(C(=O)O)c(C)c1CC1CCN(c2ccccc2C#N)CC1. The first-order valence-electron chi connectivity index (χ1n) is 9.07. The highest BCUT2D eigenvalue weighted by Crippen LogP contribution is 2.30. The van der Waals surface area contributed by atoms with Crippen LogP contribution in [-0.4, -0.2) is 24.2 Å². The lowest BCUT2D eigenvalue weighted by molar-refractivity contribution is 0.0696. The van der Waals surface area contributed by atoms with Crippen LogP contribution in [0.4, 0.5) is 5.69 Å². The zero-order valence-corrected chi connectivity index (χ0v) is 15.3. The minimum atomic E-state index is -0.855. The summed E-state index contributed by atoms with van der Waals surface area (Å²) in [6.45, 7) is 5.84. The Kier molecular flexibility index (Phi) is 5.27. The van der Waals surface area contributed by atoms with E-state index in [0.29, 0.717) is 11.5 Å². The number of anilines is 1. The summed E-state index contributed by atoms with van der Waals surface area (Å²) in [5.74, 6) is -0.311. The number of nitriles is 1. The fraction of sp³-hybridized carbons (Fsp3) is 0.364. The third-order valence-corrected chi connectivity index (χ3v) is 5.54. The Morgan fingerprint density at radius 1 is 1.19 bits per heavy atom. The molecule has 0 saturated carbocycles. The predicted octanol–water partition coefficient (Wildman–Crippen LogP) is 4.33. The average Bonchev–Trinajstić information content (AvgIpc) is 2.65. The number of hydrogen-bond donors (Lipinski definition) is 1. The van der Waals surface area contributed by atoms with Gasteiger partial charge in [0, 0.05) is 13.1 Å². The number of carboxylic acids is 1. The van der Waals surface area contributed by atoms with Crippen molar-refractivity contribution in [1.82, 2.24) is 0 Å². The van der Waals surface area contributed by atoms with E-state index in [-0.39, 0.29) is 0 Å². The van der Waals surface area contributed by atoms with Gasteiger partial charge in [0.05, 0.1) is 16.8 Å². The van der Waals surface area contributed by atoms with Gasteiger partial charge in [-0.25, -0.2) is 4.79 Å². The van der Waals surface area contributed by atoms with Gasteiger partial charge in [0.2, 0.25) is 0 Å². The smallest absolute Gasteiger partial charge is 0.335 e. The van der Waals surface area contributed by atoms with Gasteiger partial charge < -0.3 is 10.0 Å². The van der Waals surface area contributed by atoms with E-state index in [0.717, 1.165) is 49.2 Å². The predicted molar refractivity (Wildman–Crippen MR) is 103 cm³/mol. The summed E-state index contributed by atoms with van der Waals surface area (Å²) in [6.07, 6.45) is 3.03. The average molecular weight is 348 g/mol. The van der Waals surface area contributed by atoms with Crippen LogP contribution in [0.1, 0.15) is 45.5 Å². The molecule has 0 radical (unpaired) electrons. The van der Waals surface area contributed by atoms with Crippen LogP contribution >= 0.6 is 0 Å². The standard InChI is InChI=1S/C22H24N2O2/c1-15-7-8-19(22(25)26)16(2)20(15)13-17-9-11-24(12-10-17)21-6-4-3-5-18(21)14-23/h3-8,17H,9-13H2,1-2H3,(H,25,26). The van der Waals surface area contributed by atoms with Crippen molar-refractivity contribution in [1.29, 1.82) is 5.26 Å². The van der Waals surface area contributed by atoms with Gasteiger partial charge in [0.15, 0.2) is 0 Å². The fourth-order valence-corrected chi connectivity index (χ4v) is 3.95. The maximum Gasteiger partial charge on any atom is 0.335 e. The number of piperidine rings is 1. The summed E-state index contributed by atoms with van der Waals surface area (Å²) in [7, 11) is 0. The number of hydrogen-bond acceptors (Lipinski definition) is 3. The molecule has 4 nitrogen and oxygen atoms in total. The number of carboxylic acid groups (broad SMARTS) is 1. The van der Waals surface area contributed by atoms with Crippen LogP contribution in [0, 0.1) is 31.1 Å². The molecule has 134 valence electrons. The molecular weight excluding hydrogens is 324 g/mol. The molecule has 0 spiro atoms. The monoisotopic (exact) mass is 348 g/mol. The molecule has 0 unspecified atom stereocenters. The van der Waals surface area contributed by atoms with Crippen molar-refractivity contribution >= 4 is 11.7 Å². The highest BCUT2D eigenvalue weighted by molar-refractivity contribution is 5.89. The molecular formula is C22H24N2O2. The summed E-state index contributed by atoms with van der Waals surface area (Å²) < 4.78 is 0. The van der Waals surface area contributed by atoms with E-state index in [9.17, 15) is 15.2 Å². The lowest BCUT2D eigenvalue weighted by Crippen LogP contribution is -2.35. The zero-order chi connectivity index (χ0) is 18.7. The van der Waals surface area contributed by atoms with Gasteiger partial charge in [0.1, 0.15) is 6.07 Å². The molecule has 1 heterocycles. The molecule has 0 aliphatic carbocycles. The molecule has 1 aliphatic rings. The number of rotatable bonds is 4. The first-order valence-corrected chi connectivity index (χ1v) is 9.07. The molecule has 0 amide bonds. The highest BCUT2D eigenvalue weighted by atomic mass is 16.4. The van der Waals surface area contributed by atoms with Crippen LogP contribution in [-0.2, 0) is 6.42 Å². The van der Waals surface area contributed by atoms with Crippen LogP contribution in [0.2, 0.25) is 0 Å². The Balaban J connectivity index is 1.71. The molecule has 0 atom stereocenters. The van der Waals surface area contributed by atoms with Gasteiger partial charge in [-0.15, -0.1) is 0 Å². The molecule has 1 fully saturated rings. The molecule has 0 bridgehead atoms. The van der Waals surface area contributed by atoms with Crippen LogP contribution < -0.4 is 4.90 Å². The largest absolute Gasteiger partial charge is 0.478 e. The van der Waals surface area contributed by atoms with Crippen molar-refractivity contribution in [2.75, 3.05) is 18.0 Å². The van der Waals surface area contributed by atoms with Crippen LogP contribution in [0.15, 0.2) is 36.4 Å². The lowest BCUT2D eigenvalue weighted by atomic mass is 9.85. The summed E-state index contributed by atoms with van der Waals surface area (Å²) >= 11 is 0. The van der Waals surface area contributed by atoms with Crippen molar-refractivity contribution in [2.45, 2.75) is 33.1 Å². The molecule has 1 saturated heterocycles. The Bertz CT molecular complexity index is 859. The molecule has 1 aliphatic heterocycles. The van der Waals surface area contributed by atoms with Crippen molar-refractivity contribution in [3.05, 3.63) is 64.2 Å². The molecule has 0 aromatic heterocycles. The third kappa shape index (κ3) is 3.57. The van der Waals surface area contributed by atoms with E-state index in [1.54, 1.807) is 6.07 Å². The van der Waals surface area contributed by atoms with Crippen LogP contribution in [0.3, 0.4) is 0 Å². The zero-order valence-electron chi connectivity index (χ0n) is 15.3. The summed E-state index contributed by atoms with van der Waals surface area (Å²) in [4.78, 5) is 13.7. The third-order valence-electron chi connectivity index (χ3n) is 5.54. The Morgan fingerprint density at radius 3 is 2.54 bits per heavy atom. The Hall–Kier alpha value is -2.80. The summed E-state index contributed by atoms with van der Waals surface area (Å²) in [5.41, 5.74) is 5.41. The molecule has 3 rings (SSSR count). The quantitative estimate of drug-likeness (QED) is 0.893. The number of aromatic carboxylic acids is 1. The highest BCUT2D eigenvalue weighted by Gasteiger charge is 2.23. The van der Waals surface area contributed by atoms with Crippen molar-refractivity contribution < 1.29 is 9.90 Å². The first-order chi connectivity index (χ1) is 12.5. The normalized spacial score (nSPS) is 14.9. The first kappa shape index (κ1) is 18.0. The number of para-hydroxylation sites is 1. The van der Waals surface area contributed by atoms with Crippen molar-refractivity contribution in [3.63, 3.8) is 0 Å². The van der Waals surface area contributed by atoms with E-state index in [2.05, 4.69) is 17.9 Å². The number of nitrogens with zero attached hydrogens (tertiary/aromatic N) is 2. The van der Waals surface area contributed by atoms with E-state index in [4.69, 9.17) is 0 Å². The summed E-state index contributed by atoms with van der Waals surface area (Å²) in [5, 5.41) is 18.7. The molecule has 1 N–H and O–H groups in total. The van der Waals surface area contributed by atoms with Gasteiger partial charge in [0.25, 0.3) is 0 Å². The molecule has 4 heteroatoms. The lowest BCUT2D eigenvalue weighted by Gasteiger charge is -2.34. The van der Waals surface area contributed by atoms with E-state index >= 15 is 0 Å². The number of aryl methyl sites for hydroxylation is 1. The molecule has 2 aromatic rings. The van der Waals surface area contributed by atoms with Crippen molar-refractivity contribution in [2.24, 2.45) is 5.92 Å². The van der Waals surface area contributed by atoms with E-state index in [1.807, 2.05) is 37.3 Å². The van der Waals surface area contributed by atoms with Crippen LogP contribution in [0.25, 0.3) is 0 Å². The fourth-order valence-electron chi connectivity index (χ4n) is 3.95. The molecule has 2 aromatic carbocycles. The van der Waals surface area contributed by atoms with E-state index in [1.165, 1.54) is 11.1 Å². The Morgan fingerprint density at radius 2 is 1.88 bits per heavy atom. The minimum absolute atomic E-state index is 0.408. The van der Waals surface area contributed by atoms with Gasteiger partial charge in [-0.3, -0.25) is 0 Å². The van der Waals surface area contributed by atoms with Gasteiger partial charge in [-0.2, -0.15) is 5.26 Å². The van der Waals surface area contributed by atoms with Crippen molar-refractivity contribution in [3.8, 4) is 6.07 Å². The Labute approximate surface area is 154 Å². The summed E-state index contributed by atoms with van der Waals surface area (Å²) in [6, 6.07) is 13.7.